The molecule has 0 unspecified atom stereocenters. The van der Waals surface area contributed by atoms with Crippen molar-refractivity contribution < 1.29 is 4.79 Å². The first kappa shape index (κ1) is 13.8. The van der Waals surface area contributed by atoms with Gasteiger partial charge in [0.15, 0.2) is 0 Å². The number of fused-ring (bicyclic) bond motifs is 2. The Morgan fingerprint density at radius 1 is 1.30 bits per heavy atom. The minimum absolute atomic E-state index is 0.140. The maximum atomic E-state index is 12.3. The van der Waals surface area contributed by atoms with Gasteiger partial charge in [-0.1, -0.05) is 28.1 Å². The van der Waals surface area contributed by atoms with Crippen LogP contribution in [0.3, 0.4) is 0 Å². The van der Waals surface area contributed by atoms with Crippen LogP contribution < -0.4 is 5.32 Å². The molecule has 0 aromatic heterocycles. The molecule has 2 aliphatic rings. The Morgan fingerprint density at radius 3 is 2.75 bits per heavy atom. The molecule has 0 aliphatic carbocycles. The van der Waals surface area contributed by atoms with Gasteiger partial charge in [-0.3, -0.25) is 4.79 Å². The summed E-state index contributed by atoms with van der Waals surface area (Å²) in [4.78, 5) is 14.3. The lowest BCUT2D eigenvalue weighted by atomic mass is 9.86. The number of carbonyl (C=O) groups excluding carboxylic acids is 1. The average Bonchev–Trinajstić information content (AvgIpc) is 2.44. The van der Waals surface area contributed by atoms with Gasteiger partial charge in [-0.25, -0.2) is 0 Å². The minimum Gasteiger partial charge on any atom is -0.339 e. The fraction of sp³-hybridized carbons (Fsp3) is 0.438. The molecule has 2 aliphatic heterocycles. The molecule has 20 heavy (non-hydrogen) atoms. The number of amides is 1. The van der Waals surface area contributed by atoms with E-state index in [0.29, 0.717) is 11.8 Å². The summed E-state index contributed by atoms with van der Waals surface area (Å²) in [6.07, 6.45) is 4.87. The van der Waals surface area contributed by atoms with Crippen molar-refractivity contribution >= 4 is 27.9 Å². The van der Waals surface area contributed by atoms with E-state index in [9.17, 15) is 4.79 Å². The van der Waals surface area contributed by atoms with Crippen molar-refractivity contribution in [3.8, 4) is 0 Å². The van der Waals surface area contributed by atoms with Gasteiger partial charge in [-0.2, -0.15) is 0 Å². The molecule has 2 saturated heterocycles. The van der Waals surface area contributed by atoms with Crippen LogP contribution in [-0.4, -0.2) is 37.0 Å². The fourth-order valence-corrected chi connectivity index (χ4v) is 3.59. The van der Waals surface area contributed by atoms with Crippen LogP contribution in [-0.2, 0) is 4.79 Å². The maximum absolute atomic E-state index is 12.3. The van der Waals surface area contributed by atoms with Crippen LogP contribution in [0.4, 0.5) is 0 Å². The van der Waals surface area contributed by atoms with Crippen molar-refractivity contribution in [1.29, 1.82) is 0 Å². The normalized spacial score (nSPS) is 25.9. The van der Waals surface area contributed by atoms with E-state index in [1.165, 1.54) is 6.42 Å². The quantitative estimate of drug-likeness (QED) is 0.843. The van der Waals surface area contributed by atoms with Crippen LogP contribution in [0.2, 0.25) is 0 Å². The zero-order chi connectivity index (χ0) is 13.9. The molecular formula is C16H19BrN2O. The van der Waals surface area contributed by atoms with Gasteiger partial charge in [0.05, 0.1) is 0 Å². The molecule has 106 valence electrons. The van der Waals surface area contributed by atoms with Gasteiger partial charge in [0.1, 0.15) is 0 Å². The largest absolute Gasteiger partial charge is 0.339 e. The highest BCUT2D eigenvalue weighted by Gasteiger charge is 2.31. The van der Waals surface area contributed by atoms with E-state index in [4.69, 9.17) is 0 Å². The molecular weight excluding hydrogens is 316 g/mol. The first-order valence-electron chi connectivity index (χ1n) is 7.14. The van der Waals surface area contributed by atoms with Gasteiger partial charge >= 0.3 is 0 Å². The number of nitrogens with zero attached hydrogens (tertiary/aromatic N) is 1. The summed E-state index contributed by atoms with van der Waals surface area (Å²) in [5, 5.41) is 3.45. The Morgan fingerprint density at radius 2 is 2.05 bits per heavy atom. The van der Waals surface area contributed by atoms with Gasteiger partial charge in [0.2, 0.25) is 5.91 Å². The van der Waals surface area contributed by atoms with E-state index in [1.54, 1.807) is 6.08 Å². The summed E-state index contributed by atoms with van der Waals surface area (Å²) >= 11 is 3.44. The van der Waals surface area contributed by atoms with Gasteiger partial charge in [0.25, 0.3) is 0 Å². The Hall–Kier alpha value is -1.13. The standard InChI is InChI=1S/C16H19BrN2O/c17-15-3-1-2-12(7-15)4-5-16(20)19-10-13-6-14(11-19)9-18-8-13/h1-5,7,13-14,18H,6,8-11H2/b5-4+/t13-,14+. The summed E-state index contributed by atoms with van der Waals surface area (Å²) in [5.74, 6) is 1.40. The van der Waals surface area contributed by atoms with Crippen molar-refractivity contribution in [2.24, 2.45) is 11.8 Å². The molecule has 2 bridgehead atoms. The Bertz CT molecular complexity index is 517. The highest BCUT2D eigenvalue weighted by Crippen LogP contribution is 2.24. The lowest BCUT2D eigenvalue weighted by molar-refractivity contribution is -0.129. The van der Waals surface area contributed by atoms with Crippen LogP contribution in [0.5, 0.6) is 0 Å². The molecule has 1 aromatic rings. The molecule has 1 amide bonds. The van der Waals surface area contributed by atoms with Gasteiger partial charge in [-0.05, 0) is 55.1 Å². The van der Waals surface area contributed by atoms with E-state index in [1.807, 2.05) is 35.2 Å². The number of likely N-dealkylation sites (tertiary alicyclic amines) is 1. The SMILES string of the molecule is O=C(/C=C/c1cccc(Br)c1)N1C[C@@H]2CNC[C@@H](C2)C1. The molecule has 3 nitrogen and oxygen atoms in total. The molecule has 2 heterocycles. The van der Waals surface area contributed by atoms with Gasteiger partial charge < -0.3 is 10.2 Å². The average molecular weight is 335 g/mol. The summed E-state index contributed by atoms with van der Waals surface area (Å²) in [6, 6.07) is 7.98. The van der Waals surface area contributed by atoms with Crippen molar-refractivity contribution in [2.75, 3.05) is 26.2 Å². The first-order chi connectivity index (χ1) is 9.70. The Balaban J connectivity index is 1.64. The molecule has 2 fully saturated rings. The summed E-state index contributed by atoms with van der Waals surface area (Å²) < 4.78 is 1.03. The van der Waals surface area contributed by atoms with Crippen molar-refractivity contribution in [3.05, 3.63) is 40.4 Å². The van der Waals surface area contributed by atoms with E-state index in [2.05, 4.69) is 21.2 Å². The Labute approximate surface area is 128 Å². The van der Waals surface area contributed by atoms with Crippen LogP contribution in [0.1, 0.15) is 12.0 Å². The van der Waals surface area contributed by atoms with E-state index in [-0.39, 0.29) is 5.91 Å². The summed E-state index contributed by atoms with van der Waals surface area (Å²) in [6.45, 7) is 3.89. The van der Waals surface area contributed by atoms with Crippen molar-refractivity contribution in [1.82, 2.24) is 10.2 Å². The number of halogens is 1. The number of piperidine rings is 2. The van der Waals surface area contributed by atoms with E-state index < -0.39 is 0 Å². The van der Waals surface area contributed by atoms with Crippen molar-refractivity contribution in [2.45, 2.75) is 6.42 Å². The first-order valence-corrected chi connectivity index (χ1v) is 7.93. The van der Waals surface area contributed by atoms with Gasteiger partial charge in [-0.15, -0.1) is 0 Å². The number of hydrogen-bond donors (Lipinski definition) is 1. The van der Waals surface area contributed by atoms with Crippen LogP contribution in [0, 0.1) is 11.8 Å². The second-order valence-corrected chi connectivity index (χ2v) is 6.67. The smallest absolute Gasteiger partial charge is 0.246 e. The number of hydrogen-bond acceptors (Lipinski definition) is 2. The fourth-order valence-electron chi connectivity index (χ4n) is 3.17. The topological polar surface area (TPSA) is 32.3 Å². The highest BCUT2D eigenvalue weighted by molar-refractivity contribution is 9.10. The third-order valence-electron chi connectivity index (χ3n) is 4.07. The minimum atomic E-state index is 0.140. The van der Waals surface area contributed by atoms with E-state index >= 15 is 0 Å². The van der Waals surface area contributed by atoms with Crippen molar-refractivity contribution in [3.63, 3.8) is 0 Å². The monoisotopic (exact) mass is 334 g/mol. The molecule has 1 aromatic carbocycles. The second-order valence-electron chi connectivity index (χ2n) is 5.76. The number of benzene rings is 1. The maximum Gasteiger partial charge on any atom is 0.246 e. The summed E-state index contributed by atoms with van der Waals surface area (Å²) in [5.41, 5.74) is 1.05. The van der Waals surface area contributed by atoms with Crippen LogP contribution in [0.15, 0.2) is 34.8 Å². The van der Waals surface area contributed by atoms with E-state index in [0.717, 1.165) is 36.2 Å². The zero-order valence-corrected chi connectivity index (χ0v) is 13.0. The van der Waals surface area contributed by atoms with Crippen LogP contribution >= 0.6 is 15.9 Å². The second kappa shape index (κ2) is 6.10. The molecule has 1 N–H and O–H groups in total. The summed E-state index contributed by atoms with van der Waals surface area (Å²) in [7, 11) is 0. The predicted molar refractivity (Wildman–Crippen MR) is 84.2 cm³/mol. The molecule has 0 radical (unpaired) electrons. The number of carbonyl (C=O) groups is 1. The zero-order valence-electron chi connectivity index (χ0n) is 11.4. The highest BCUT2D eigenvalue weighted by atomic mass is 79.9. The Kier molecular flexibility index (Phi) is 4.22. The molecule has 0 saturated carbocycles. The molecule has 3 rings (SSSR count). The lowest BCUT2D eigenvalue weighted by Crippen LogP contribution is -2.52. The third-order valence-corrected chi connectivity index (χ3v) is 4.56. The lowest BCUT2D eigenvalue weighted by Gasteiger charge is -2.41. The molecule has 0 spiro atoms. The third kappa shape index (κ3) is 3.30. The number of nitrogens with one attached hydrogen (secondary N) is 1. The number of rotatable bonds is 2. The van der Waals surface area contributed by atoms with Gasteiger partial charge in [0, 0.05) is 23.6 Å². The molecule has 2 atom stereocenters. The van der Waals surface area contributed by atoms with Crippen LogP contribution in [0.25, 0.3) is 6.08 Å². The molecule has 4 heteroatoms. The predicted octanol–water partition coefficient (Wildman–Crippen LogP) is 2.53.